The monoisotopic (exact) mass is 529 g/mol. The van der Waals surface area contributed by atoms with Crippen LogP contribution in [0.3, 0.4) is 0 Å². The number of amides is 1. The number of imidazole rings is 1. The van der Waals surface area contributed by atoms with Crippen molar-refractivity contribution in [1.82, 2.24) is 23.9 Å². The lowest BCUT2D eigenvalue weighted by Crippen LogP contribution is -2.47. The molecule has 1 aromatic carbocycles. The molecular formula is C28H34F3N5O2. The van der Waals surface area contributed by atoms with Crippen molar-refractivity contribution in [2.75, 3.05) is 32.7 Å². The fourth-order valence-electron chi connectivity index (χ4n) is 6.00. The van der Waals surface area contributed by atoms with Gasteiger partial charge in [0, 0.05) is 49.9 Å². The van der Waals surface area contributed by atoms with Crippen LogP contribution in [0.15, 0.2) is 41.3 Å². The summed E-state index contributed by atoms with van der Waals surface area (Å²) < 4.78 is 42.0. The third-order valence-corrected chi connectivity index (χ3v) is 7.89. The molecule has 2 aliphatic rings. The third kappa shape index (κ3) is 5.65. The smallest absolute Gasteiger partial charge is 0.342 e. The number of alkyl halides is 3. The van der Waals surface area contributed by atoms with E-state index < -0.39 is 12.7 Å². The zero-order valence-corrected chi connectivity index (χ0v) is 21.9. The van der Waals surface area contributed by atoms with E-state index in [2.05, 4.69) is 4.57 Å². The molecule has 0 unspecified atom stereocenters. The molecule has 2 aliphatic heterocycles. The van der Waals surface area contributed by atoms with Crippen LogP contribution in [0, 0.1) is 18.8 Å². The molecular weight excluding hydrogens is 495 g/mol. The fraction of sp³-hybridized carbons (Fsp3) is 0.536. The highest BCUT2D eigenvalue weighted by Crippen LogP contribution is 2.30. The number of carbonyl (C=O) groups is 1. The quantitative estimate of drug-likeness (QED) is 0.497. The summed E-state index contributed by atoms with van der Waals surface area (Å²) in [6, 6.07) is 9.84. The fourth-order valence-corrected chi connectivity index (χ4v) is 6.00. The van der Waals surface area contributed by atoms with Gasteiger partial charge in [-0.05, 0) is 69.8 Å². The normalized spacial score (nSPS) is 19.8. The van der Waals surface area contributed by atoms with Crippen molar-refractivity contribution in [2.45, 2.75) is 45.3 Å². The van der Waals surface area contributed by atoms with Gasteiger partial charge in [-0.2, -0.15) is 13.2 Å². The lowest BCUT2D eigenvalue weighted by molar-refractivity contribution is -0.151. The molecule has 0 radical (unpaired) electrons. The van der Waals surface area contributed by atoms with Crippen molar-refractivity contribution in [1.29, 1.82) is 0 Å². The van der Waals surface area contributed by atoms with Crippen molar-refractivity contribution in [3.8, 4) is 11.4 Å². The topological polar surface area (TPSA) is 63.4 Å². The second kappa shape index (κ2) is 10.6. The van der Waals surface area contributed by atoms with E-state index >= 15 is 0 Å². The molecule has 2 fully saturated rings. The zero-order chi connectivity index (χ0) is 27.0. The first-order valence-corrected chi connectivity index (χ1v) is 13.3. The Labute approximate surface area is 219 Å². The second-order valence-electron chi connectivity index (χ2n) is 10.8. The molecule has 0 spiro atoms. The molecule has 3 aromatic rings. The highest BCUT2D eigenvalue weighted by molar-refractivity contribution is 5.81. The number of para-hydroxylation sites is 2. The Morgan fingerprint density at radius 1 is 1.11 bits per heavy atom. The number of piperidine rings is 2. The summed E-state index contributed by atoms with van der Waals surface area (Å²) in [6.07, 6.45) is 0.419. The van der Waals surface area contributed by atoms with E-state index in [1.165, 1.54) is 4.90 Å². The largest absolute Gasteiger partial charge is 0.401 e. The third-order valence-electron chi connectivity index (χ3n) is 7.89. The summed E-state index contributed by atoms with van der Waals surface area (Å²) in [5.74, 6) is 0.885. The first-order valence-electron chi connectivity index (χ1n) is 13.3. The van der Waals surface area contributed by atoms with E-state index in [0.717, 1.165) is 35.3 Å². The Morgan fingerprint density at radius 2 is 1.84 bits per heavy atom. The van der Waals surface area contributed by atoms with Crippen molar-refractivity contribution < 1.29 is 18.0 Å². The van der Waals surface area contributed by atoms with E-state index in [1.807, 2.05) is 41.4 Å². The highest BCUT2D eigenvalue weighted by Gasteiger charge is 2.36. The van der Waals surface area contributed by atoms with E-state index in [9.17, 15) is 22.8 Å². The number of carbonyl (C=O) groups excluding carboxylic acids is 1. The Bertz CT molecular complexity index is 1340. The average Bonchev–Trinajstić information content (AvgIpc) is 3.24. The molecule has 2 saturated heterocycles. The summed E-state index contributed by atoms with van der Waals surface area (Å²) >= 11 is 0. The number of hydrogen-bond acceptors (Lipinski definition) is 4. The molecule has 4 heterocycles. The SMILES string of the molecule is Cc1cc(-c2nc3ccccc3n2C[C@@H]2CCCN(C(=O)C3CCN(CC(F)(F)F)CC3)C2)cn(C)c1=O. The van der Waals surface area contributed by atoms with Crippen LogP contribution in [-0.2, 0) is 18.4 Å². The van der Waals surface area contributed by atoms with E-state index in [-0.39, 0.29) is 23.3 Å². The number of fused-ring (bicyclic) bond motifs is 1. The maximum absolute atomic E-state index is 13.3. The molecule has 204 valence electrons. The summed E-state index contributed by atoms with van der Waals surface area (Å²) in [6.45, 7) is 3.50. The molecule has 0 N–H and O–H groups in total. The average molecular weight is 530 g/mol. The van der Waals surface area contributed by atoms with Crippen molar-refractivity contribution in [3.63, 3.8) is 0 Å². The second-order valence-corrected chi connectivity index (χ2v) is 10.8. The van der Waals surface area contributed by atoms with Crippen LogP contribution in [0.5, 0.6) is 0 Å². The van der Waals surface area contributed by atoms with Crippen LogP contribution in [0.1, 0.15) is 31.2 Å². The number of rotatable bonds is 5. The number of likely N-dealkylation sites (tertiary alicyclic amines) is 2. The highest BCUT2D eigenvalue weighted by atomic mass is 19.4. The van der Waals surface area contributed by atoms with Gasteiger partial charge in [0.25, 0.3) is 5.56 Å². The molecule has 2 aromatic heterocycles. The van der Waals surface area contributed by atoms with Gasteiger partial charge in [-0.15, -0.1) is 0 Å². The van der Waals surface area contributed by atoms with Crippen LogP contribution in [0.4, 0.5) is 13.2 Å². The zero-order valence-electron chi connectivity index (χ0n) is 21.9. The number of nitrogens with zero attached hydrogens (tertiary/aromatic N) is 5. The molecule has 5 rings (SSSR count). The predicted molar refractivity (Wildman–Crippen MR) is 140 cm³/mol. The van der Waals surface area contributed by atoms with Crippen LogP contribution in [0.2, 0.25) is 0 Å². The molecule has 7 nitrogen and oxygen atoms in total. The molecule has 1 amide bonds. The standard InChI is InChI=1S/C28H34F3N5O2/c1-19-14-22(17-33(2)26(19)37)25-32-23-7-3-4-8-24(23)36(25)16-20-6-5-11-35(15-20)27(38)21-9-12-34(13-10-21)18-28(29,30)31/h3-4,7-8,14,17,20-21H,5-6,9-13,15-16,18H2,1-2H3/t20-/m1/s1. The number of hydrogen-bond donors (Lipinski definition) is 0. The van der Waals surface area contributed by atoms with Gasteiger partial charge in [-0.1, -0.05) is 12.1 Å². The van der Waals surface area contributed by atoms with E-state index in [4.69, 9.17) is 4.98 Å². The van der Waals surface area contributed by atoms with Crippen molar-refractivity contribution in [3.05, 3.63) is 52.4 Å². The first-order chi connectivity index (χ1) is 18.1. The predicted octanol–water partition coefficient (Wildman–Crippen LogP) is 4.22. The van der Waals surface area contributed by atoms with Gasteiger partial charge in [-0.3, -0.25) is 14.5 Å². The Kier molecular flexibility index (Phi) is 7.35. The van der Waals surface area contributed by atoms with Gasteiger partial charge in [0.1, 0.15) is 5.82 Å². The molecule has 0 bridgehead atoms. The maximum Gasteiger partial charge on any atom is 0.401 e. The van der Waals surface area contributed by atoms with Crippen LogP contribution < -0.4 is 5.56 Å². The minimum absolute atomic E-state index is 0.0397. The van der Waals surface area contributed by atoms with Gasteiger partial charge in [0.05, 0.1) is 17.6 Å². The number of pyridine rings is 1. The Morgan fingerprint density at radius 3 is 2.55 bits per heavy atom. The Balaban J connectivity index is 1.32. The van der Waals surface area contributed by atoms with Crippen LogP contribution in [-0.4, -0.2) is 68.7 Å². The molecule has 1 atom stereocenters. The summed E-state index contributed by atoms with van der Waals surface area (Å²) in [5.41, 5.74) is 3.37. The van der Waals surface area contributed by atoms with Gasteiger partial charge in [-0.25, -0.2) is 4.98 Å². The van der Waals surface area contributed by atoms with Gasteiger partial charge in [0.2, 0.25) is 5.91 Å². The summed E-state index contributed by atoms with van der Waals surface area (Å²) in [4.78, 5) is 33.8. The first kappa shape index (κ1) is 26.5. The molecule has 38 heavy (non-hydrogen) atoms. The lowest BCUT2D eigenvalue weighted by atomic mass is 9.92. The minimum Gasteiger partial charge on any atom is -0.342 e. The number of halogens is 3. The number of aromatic nitrogens is 3. The van der Waals surface area contributed by atoms with Gasteiger partial charge < -0.3 is 14.0 Å². The van der Waals surface area contributed by atoms with Gasteiger partial charge >= 0.3 is 6.18 Å². The lowest BCUT2D eigenvalue weighted by Gasteiger charge is -2.38. The van der Waals surface area contributed by atoms with E-state index in [0.29, 0.717) is 51.1 Å². The molecule has 0 aliphatic carbocycles. The number of aryl methyl sites for hydroxylation is 2. The van der Waals surface area contributed by atoms with Gasteiger partial charge in [0.15, 0.2) is 0 Å². The van der Waals surface area contributed by atoms with Crippen LogP contribution >= 0.6 is 0 Å². The molecule has 0 saturated carbocycles. The minimum atomic E-state index is -4.21. The van der Waals surface area contributed by atoms with Crippen molar-refractivity contribution in [2.24, 2.45) is 18.9 Å². The van der Waals surface area contributed by atoms with E-state index in [1.54, 1.807) is 18.5 Å². The van der Waals surface area contributed by atoms with Crippen molar-refractivity contribution >= 4 is 16.9 Å². The van der Waals surface area contributed by atoms with Crippen LogP contribution in [0.25, 0.3) is 22.4 Å². The Hall–Kier alpha value is -3.14. The maximum atomic E-state index is 13.3. The summed E-state index contributed by atoms with van der Waals surface area (Å²) in [7, 11) is 1.74. The number of benzene rings is 1. The molecule has 10 heteroatoms. The summed E-state index contributed by atoms with van der Waals surface area (Å²) in [5, 5.41) is 0.